The van der Waals surface area contributed by atoms with Gasteiger partial charge in [0.25, 0.3) is 5.69 Å². The van der Waals surface area contributed by atoms with Crippen molar-refractivity contribution in [3.8, 4) is 0 Å². The maximum absolute atomic E-state index is 12.9. The Morgan fingerprint density at radius 3 is 2.35 bits per heavy atom. The van der Waals surface area contributed by atoms with Crippen molar-refractivity contribution in [3.63, 3.8) is 0 Å². The van der Waals surface area contributed by atoms with Crippen LogP contribution >= 0.6 is 12.4 Å². The lowest BCUT2D eigenvalue weighted by molar-refractivity contribution is -0.387. The van der Waals surface area contributed by atoms with Crippen molar-refractivity contribution in [2.45, 2.75) is 18.2 Å². The van der Waals surface area contributed by atoms with Crippen LogP contribution in [0.5, 0.6) is 0 Å². The van der Waals surface area contributed by atoms with Crippen LogP contribution in [0, 0.1) is 17.0 Å². The summed E-state index contributed by atoms with van der Waals surface area (Å²) >= 11 is 0. The van der Waals surface area contributed by atoms with Crippen LogP contribution in [0.4, 0.5) is 5.69 Å². The van der Waals surface area contributed by atoms with Crippen molar-refractivity contribution < 1.29 is 13.3 Å². The first-order chi connectivity index (χ1) is 11.9. The lowest BCUT2D eigenvalue weighted by Crippen LogP contribution is -2.37. The number of halogens is 1. The Labute approximate surface area is 159 Å². The highest BCUT2D eigenvalue weighted by Gasteiger charge is 2.31. The van der Waals surface area contributed by atoms with Crippen molar-refractivity contribution in [1.82, 2.24) is 4.31 Å². The van der Waals surface area contributed by atoms with Crippen LogP contribution in [0.3, 0.4) is 0 Å². The molecule has 142 valence electrons. The fourth-order valence-electron chi connectivity index (χ4n) is 2.52. The van der Waals surface area contributed by atoms with Crippen LogP contribution in [-0.2, 0) is 16.4 Å². The zero-order valence-electron chi connectivity index (χ0n) is 14.4. The molecule has 26 heavy (non-hydrogen) atoms. The van der Waals surface area contributed by atoms with Gasteiger partial charge in [-0.25, -0.2) is 8.42 Å². The lowest BCUT2D eigenvalue weighted by atomic mass is 10.1. The highest BCUT2D eigenvalue weighted by atomic mass is 35.5. The highest BCUT2D eigenvalue weighted by Crippen LogP contribution is 2.27. The fourth-order valence-corrected chi connectivity index (χ4v) is 4.12. The smallest absolute Gasteiger partial charge is 0.289 e. The first-order valence-corrected chi connectivity index (χ1v) is 9.29. The van der Waals surface area contributed by atoms with Crippen molar-refractivity contribution in [3.05, 3.63) is 69.8 Å². The van der Waals surface area contributed by atoms with Crippen LogP contribution in [0.2, 0.25) is 0 Å². The molecule has 0 aliphatic carbocycles. The van der Waals surface area contributed by atoms with E-state index in [1.165, 1.54) is 16.4 Å². The molecule has 0 heterocycles. The average Bonchev–Trinajstić information content (AvgIpc) is 2.59. The van der Waals surface area contributed by atoms with Gasteiger partial charge in [-0.1, -0.05) is 36.4 Å². The zero-order valence-corrected chi connectivity index (χ0v) is 16.0. The maximum atomic E-state index is 12.9. The number of sulfonamides is 1. The van der Waals surface area contributed by atoms with Crippen molar-refractivity contribution in [2.75, 3.05) is 19.6 Å². The third-order valence-electron chi connectivity index (χ3n) is 3.80. The summed E-state index contributed by atoms with van der Waals surface area (Å²) in [5.74, 6) is 0. The van der Waals surface area contributed by atoms with Crippen LogP contribution < -0.4 is 5.73 Å². The minimum Gasteiger partial charge on any atom is -0.329 e. The maximum Gasteiger partial charge on any atom is 0.289 e. The molecule has 9 heteroatoms. The predicted molar refractivity (Wildman–Crippen MR) is 103 cm³/mol. The molecule has 2 aromatic rings. The van der Waals surface area contributed by atoms with Gasteiger partial charge in [0.1, 0.15) is 0 Å². The van der Waals surface area contributed by atoms with Gasteiger partial charge < -0.3 is 5.73 Å². The van der Waals surface area contributed by atoms with Gasteiger partial charge in [-0.05, 0) is 30.5 Å². The number of rotatable bonds is 8. The average molecular weight is 400 g/mol. The molecule has 0 atom stereocenters. The minimum absolute atomic E-state index is 0. The van der Waals surface area contributed by atoms with Crippen molar-refractivity contribution >= 4 is 28.1 Å². The minimum atomic E-state index is -4.01. The Bertz CT molecular complexity index is 844. The first-order valence-electron chi connectivity index (χ1n) is 7.85. The van der Waals surface area contributed by atoms with E-state index in [4.69, 9.17) is 5.73 Å². The number of nitrogens with zero attached hydrogens (tertiary/aromatic N) is 2. The molecule has 0 saturated heterocycles. The fraction of sp³-hybridized carbons (Fsp3) is 0.294. The lowest BCUT2D eigenvalue weighted by Gasteiger charge is -2.21. The molecule has 0 fully saturated rings. The Hall–Kier alpha value is -2.00. The van der Waals surface area contributed by atoms with E-state index in [-0.39, 0.29) is 36.9 Å². The molecule has 2 rings (SSSR count). The summed E-state index contributed by atoms with van der Waals surface area (Å²) in [7, 11) is -4.01. The molecule has 2 aromatic carbocycles. The molecule has 0 aliphatic rings. The van der Waals surface area contributed by atoms with E-state index in [1.807, 2.05) is 30.3 Å². The van der Waals surface area contributed by atoms with Gasteiger partial charge in [-0.2, -0.15) is 4.31 Å². The summed E-state index contributed by atoms with van der Waals surface area (Å²) in [4.78, 5) is 10.3. The number of benzene rings is 2. The van der Waals surface area contributed by atoms with Gasteiger partial charge in [-0.3, -0.25) is 10.1 Å². The highest BCUT2D eigenvalue weighted by molar-refractivity contribution is 7.89. The number of nitro groups is 1. The summed E-state index contributed by atoms with van der Waals surface area (Å²) in [6, 6.07) is 13.6. The summed E-state index contributed by atoms with van der Waals surface area (Å²) in [6.45, 7) is 2.11. The molecular formula is C17H22ClN3O4S. The zero-order chi connectivity index (χ0) is 18.4. The standard InChI is InChI=1S/C17H21N3O4S.ClH/c1-14-7-8-17(16(13-14)20(21)22)25(23,24)19(12-10-18)11-9-15-5-3-2-4-6-15;/h2-8,13H,9-12,18H2,1H3;1H. The summed E-state index contributed by atoms with van der Waals surface area (Å²) in [5, 5.41) is 11.3. The number of nitrogens with two attached hydrogens (primary N) is 1. The second kappa shape index (κ2) is 9.63. The second-order valence-electron chi connectivity index (χ2n) is 5.66. The quantitative estimate of drug-likeness (QED) is 0.542. The molecule has 0 amide bonds. The molecule has 0 bridgehead atoms. The number of hydrogen-bond donors (Lipinski definition) is 1. The van der Waals surface area contributed by atoms with Gasteiger partial charge in [0.05, 0.1) is 4.92 Å². The molecule has 0 aromatic heterocycles. The molecule has 0 radical (unpaired) electrons. The van der Waals surface area contributed by atoms with Gasteiger partial charge in [0.2, 0.25) is 10.0 Å². The Kier molecular flexibility index (Phi) is 8.16. The van der Waals surface area contributed by atoms with Crippen LogP contribution in [0.25, 0.3) is 0 Å². The second-order valence-corrected chi connectivity index (χ2v) is 7.56. The third-order valence-corrected chi connectivity index (χ3v) is 5.75. The number of hydrogen-bond acceptors (Lipinski definition) is 5. The van der Waals surface area contributed by atoms with Gasteiger partial charge >= 0.3 is 0 Å². The molecule has 0 aliphatic heterocycles. The van der Waals surface area contributed by atoms with Crippen LogP contribution in [0.1, 0.15) is 11.1 Å². The third kappa shape index (κ3) is 5.25. The molecule has 2 N–H and O–H groups in total. The molecule has 0 saturated carbocycles. The van der Waals surface area contributed by atoms with E-state index in [0.717, 1.165) is 5.56 Å². The molecular weight excluding hydrogens is 378 g/mol. The summed E-state index contributed by atoms with van der Waals surface area (Å²) < 4.78 is 27.1. The van der Waals surface area contributed by atoms with Gasteiger partial charge in [0, 0.05) is 25.7 Å². The van der Waals surface area contributed by atoms with Crippen LogP contribution in [0.15, 0.2) is 53.4 Å². The number of nitro benzene ring substituents is 1. The van der Waals surface area contributed by atoms with E-state index in [0.29, 0.717) is 12.0 Å². The van der Waals surface area contributed by atoms with E-state index in [2.05, 4.69) is 0 Å². The summed E-state index contributed by atoms with van der Waals surface area (Å²) in [5.41, 5.74) is 6.75. The number of aryl methyl sites for hydroxylation is 1. The van der Waals surface area contributed by atoms with E-state index in [9.17, 15) is 18.5 Å². The van der Waals surface area contributed by atoms with Crippen LogP contribution in [-0.4, -0.2) is 37.3 Å². The normalized spacial score (nSPS) is 11.2. The largest absolute Gasteiger partial charge is 0.329 e. The van der Waals surface area contributed by atoms with E-state index in [1.54, 1.807) is 13.0 Å². The van der Waals surface area contributed by atoms with Gasteiger partial charge in [-0.15, -0.1) is 12.4 Å². The van der Waals surface area contributed by atoms with Crippen molar-refractivity contribution in [2.24, 2.45) is 5.73 Å². The molecule has 0 unspecified atom stereocenters. The van der Waals surface area contributed by atoms with E-state index >= 15 is 0 Å². The topological polar surface area (TPSA) is 107 Å². The summed E-state index contributed by atoms with van der Waals surface area (Å²) in [6.07, 6.45) is 0.500. The molecule has 7 nitrogen and oxygen atoms in total. The Morgan fingerprint density at radius 1 is 1.12 bits per heavy atom. The monoisotopic (exact) mass is 399 g/mol. The predicted octanol–water partition coefficient (Wildman–Crippen LogP) is 2.52. The van der Waals surface area contributed by atoms with Crippen molar-refractivity contribution in [1.29, 1.82) is 0 Å². The van der Waals surface area contributed by atoms with Gasteiger partial charge in [0.15, 0.2) is 4.90 Å². The first kappa shape index (κ1) is 22.0. The Morgan fingerprint density at radius 2 is 1.77 bits per heavy atom. The molecule has 0 spiro atoms. The Balaban J connectivity index is 0.00000338. The van der Waals surface area contributed by atoms with E-state index < -0.39 is 20.6 Å². The SMILES string of the molecule is Cc1ccc(S(=O)(=O)N(CCN)CCc2ccccc2)c([N+](=O)[O-])c1.Cl.